The molecule has 2 N–H and O–H groups in total. The fourth-order valence-electron chi connectivity index (χ4n) is 2.38. The average Bonchev–Trinajstić information content (AvgIpc) is 3.19. The molecule has 0 aromatic heterocycles. The maximum Gasteiger partial charge on any atom is 0.259 e. The van der Waals surface area contributed by atoms with Crippen molar-refractivity contribution in [2.75, 3.05) is 19.9 Å². The minimum Gasteiger partial charge on any atom is -0.489 e. The van der Waals surface area contributed by atoms with Crippen molar-refractivity contribution in [2.45, 2.75) is 0 Å². The van der Waals surface area contributed by atoms with Crippen molar-refractivity contribution >= 4 is 18.0 Å². The Bertz CT molecular complexity index is 910. The number of hydrogen-bond donors (Lipinski definition) is 2. The number of para-hydroxylation sites is 1. The molecule has 8 heteroatoms. The van der Waals surface area contributed by atoms with E-state index in [0.29, 0.717) is 35.0 Å². The molecule has 3 rings (SSSR count). The monoisotopic (exact) mass is 381 g/mol. The minimum absolute atomic E-state index is 0.128. The van der Waals surface area contributed by atoms with Crippen LogP contribution >= 0.6 is 0 Å². The van der Waals surface area contributed by atoms with Crippen molar-refractivity contribution in [2.24, 2.45) is 5.10 Å². The zero-order chi connectivity index (χ0) is 19.8. The van der Waals surface area contributed by atoms with Gasteiger partial charge in [-0.3, -0.25) is 9.59 Å². The number of hydrazone groups is 1. The molecular formula is C20H19N3O5. The van der Waals surface area contributed by atoms with Crippen LogP contribution in [-0.2, 0) is 4.79 Å². The van der Waals surface area contributed by atoms with Crippen LogP contribution in [0.15, 0.2) is 60.2 Å². The third-order valence-corrected chi connectivity index (χ3v) is 3.71. The molecule has 8 nitrogen and oxygen atoms in total. The summed E-state index contributed by atoms with van der Waals surface area (Å²) in [6, 6.07) is 12.1. The standard InChI is InChI=1S/C20H19N3O5/c1-2-9-26-16-6-4-3-5-15(16)11-22-23-19(24)12-21-20(25)14-7-8-17-18(10-14)28-13-27-17/h2-8,10-11H,1,9,12-13H2,(H,21,25)(H,23,24)/b22-11+. The lowest BCUT2D eigenvalue weighted by Crippen LogP contribution is -2.34. The third kappa shape index (κ3) is 4.88. The summed E-state index contributed by atoms with van der Waals surface area (Å²) in [4.78, 5) is 24.0. The number of fused-ring (bicyclic) bond motifs is 1. The minimum atomic E-state index is -0.463. The van der Waals surface area contributed by atoms with Gasteiger partial charge >= 0.3 is 0 Å². The molecule has 144 valence electrons. The first-order valence-electron chi connectivity index (χ1n) is 8.50. The van der Waals surface area contributed by atoms with E-state index in [1.807, 2.05) is 12.1 Å². The first-order valence-corrected chi connectivity index (χ1v) is 8.50. The number of rotatable bonds is 8. The van der Waals surface area contributed by atoms with Crippen molar-refractivity contribution in [3.8, 4) is 17.2 Å². The summed E-state index contributed by atoms with van der Waals surface area (Å²) < 4.78 is 15.9. The Morgan fingerprint density at radius 3 is 2.86 bits per heavy atom. The maximum absolute atomic E-state index is 12.1. The zero-order valence-electron chi connectivity index (χ0n) is 15.0. The Kier molecular flexibility index (Phi) is 6.25. The first kappa shape index (κ1) is 19.0. The van der Waals surface area contributed by atoms with Crippen LogP contribution < -0.4 is 25.0 Å². The fourth-order valence-corrected chi connectivity index (χ4v) is 2.38. The van der Waals surface area contributed by atoms with Gasteiger partial charge in [-0.1, -0.05) is 24.8 Å². The van der Waals surface area contributed by atoms with Gasteiger partial charge in [0.1, 0.15) is 12.4 Å². The number of amides is 2. The molecule has 1 aliphatic rings. The van der Waals surface area contributed by atoms with Crippen LogP contribution in [0.1, 0.15) is 15.9 Å². The summed E-state index contributed by atoms with van der Waals surface area (Å²) in [6.45, 7) is 3.87. The molecule has 0 atom stereocenters. The van der Waals surface area contributed by atoms with E-state index in [0.717, 1.165) is 0 Å². The first-order chi connectivity index (χ1) is 13.7. The van der Waals surface area contributed by atoms with E-state index in [1.165, 1.54) is 6.21 Å². The predicted molar refractivity (Wildman–Crippen MR) is 103 cm³/mol. The average molecular weight is 381 g/mol. The second-order valence-electron chi connectivity index (χ2n) is 5.68. The molecule has 1 aliphatic heterocycles. The van der Waals surface area contributed by atoms with Crippen LogP contribution in [0.25, 0.3) is 0 Å². The highest BCUT2D eigenvalue weighted by molar-refractivity contribution is 5.97. The van der Waals surface area contributed by atoms with Crippen LogP contribution in [-0.4, -0.2) is 38.0 Å². The molecule has 0 saturated heterocycles. The summed E-state index contributed by atoms with van der Waals surface area (Å²) in [5, 5.41) is 6.41. The maximum atomic E-state index is 12.1. The van der Waals surface area contributed by atoms with Crippen molar-refractivity contribution < 1.29 is 23.8 Å². The van der Waals surface area contributed by atoms with Crippen LogP contribution in [0.3, 0.4) is 0 Å². The Morgan fingerprint density at radius 2 is 2.00 bits per heavy atom. The van der Waals surface area contributed by atoms with Gasteiger partial charge in [-0.2, -0.15) is 5.10 Å². The van der Waals surface area contributed by atoms with Crippen molar-refractivity contribution in [1.29, 1.82) is 0 Å². The Balaban J connectivity index is 1.49. The van der Waals surface area contributed by atoms with Crippen molar-refractivity contribution in [3.63, 3.8) is 0 Å². The van der Waals surface area contributed by atoms with Gasteiger partial charge in [-0.15, -0.1) is 0 Å². The molecule has 0 spiro atoms. The van der Waals surface area contributed by atoms with Gasteiger partial charge in [-0.05, 0) is 30.3 Å². The topological polar surface area (TPSA) is 98.2 Å². The summed E-state index contributed by atoms with van der Waals surface area (Å²) >= 11 is 0. The highest BCUT2D eigenvalue weighted by Crippen LogP contribution is 2.32. The van der Waals surface area contributed by atoms with E-state index < -0.39 is 11.8 Å². The second kappa shape index (κ2) is 9.22. The smallest absolute Gasteiger partial charge is 0.259 e. The molecule has 2 aromatic carbocycles. The lowest BCUT2D eigenvalue weighted by atomic mass is 10.2. The largest absolute Gasteiger partial charge is 0.489 e. The molecule has 0 saturated carbocycles. The molecule has 1 heterocycles. The van der Waals surface area contributed by atoms with Gasteiger partial charge in [0.05, 0.1) is 12.8 Å². The van der Waals surface area contributed by atoms with Crippen LogP contribution in [0.4, 0.5) is 0 Å². The molecule has 0 bridgehead atoms. The van der Waals surface area contributed by atoms with Crippen LogP contribution in [0.2, 0.25) is 0 Å². The highest BCUT2D eigenvalue weighted by Gasteiger charge is 2.16. The van der Waals surface area contributed by atoms with Gasteiger partial charge in [-0.25, -0.2) is 5.43 Å². The lowest BCUT2D eigenvalue weighted by Gasteiger charge is -2.07. The number of carbonyl (C=O) groups is 2. The second-order valence-corrected chi connectivity index (χ2v) is 5.68. The quantitative estimate of drug-likeness (QED) is 0.413. The Labute approximate surface area is 161 Å². The van der Waals surface area contributed by atoms with Crippen LogP contribution in [0.5, 0.6) is 17.2 Å². The Morgan fingerprint density at radius 1 is 1.18 bits per heavy atom. The number of ether oxygens (including phenoxy) is 3. The molecule has 0 aliphatic carbocycles. The third-order valence-electron chi connectivity index (χ3n) is 3.71. The van der Waals surface area contributed by atoms with E-state index in [-0.39, 0.29) is 13.3 Å². The van der Waals surface area contributed by atoms with Gasteiger partial charge in [0.15, 0.2) is 11.5 Å². The zero-order valence-corrected chi connectivity index (χ0v) is 15.0. The van der Waals surface area contributed by atoms with E-state index in [4.69, 9.17) is 14.2 Å². The molecule has 2 amide bonds. The number of nitrogens with zero attached hydrogens (tertiary/aromatic N) is 1. The van der Waals surface area contributed by atoms with Crippen LogP contribution in [0, 0.1) is 0 Å². The number of nitrogens with one attached hydrogen (secondary N) is 2. The van der Waals surface area contributed by atoms with Gasteiger partial charge in [0, 0.05) is 11.1 Å². The molecular weight excluding hydrogens is 362 g/mol. The summed E-state index contributed by atoms with van der Waals surface area (Å²) in [5.74, 6) is 0.840. The van der Waals surface area contributed by atoms with E-state index in [1.54, 1.807) is 36.4 Å². The Hall–Kier alpha value is -3.81. The molecule has 0 unspecified atom stereocenters. The van der Waals surface area contributed by atoms with Crippen molar-refractivity contribution in [3.05, 3.63) is 66.2 Å². The highest BCUT2D eigenvalue weighted by atomic mass is 16.7. The SMILES string of the molecule is C=CCOc1ccccc1/C=N/NC(=O)CNC(=O)c1ccc2c(c1)OCO2. The van der Waals surface area contributed by atoms with Gasteiger partial charge in [0.2, 0.25) is 6.79 Å². The molecule has 28 heavy (non-hydrogen) atoms. The van der Waals surface area contributed by atoms with E-state index in [9.17, 15) is 9.59 Å². The van der Waals surface area contributed by atoms with Crippen molar-refractivity contribution in [1.82, 2.24) is 10.7 Å². The number of carbonyl (C=O) groups excluding carboxylic acids is 2. The molecule has 0 fully saturated rings. The summed E-state index contributed by atoms with van der Waals surface area (Å²) in [7, 11) is 0. The van der Waals surface area contributed by atoms with Gasteiger partial charge in [0.25, 0.3) is 11.8 Å². The summed E-state index contributed by atoms with van der Waals surface area (Å²) in [6.07, 6.45) is 3.11. The number of benzene rings is 2. The molecule has 0 radical (unpaired) electrons. The summed E-state index contributed by atoms with van der Waals surface area (Å²) in [5.41, 5.74) is 3.43. The van der Waals surface area contributed by atoms with E-state index in [2.05, 4.69) is 22.4 Å². The van der Waals surface area contributed by atoms with E-state index >= 15 is 0 Å². The predicted octanol–water partition coefficient (Wildman–Crippen LogP) is 1.86. The number of hydrogen-bond acceptors (Lipinski definition) is 6. The lowest BCUT2D eigenvalue weighted by molar-refractivity contribution is -0.120. The molecule has 2 aromatic rings. The fraction of sp³-hybridized carbons (Fsp3) is 0.150. The normalized spacial score (nSPS) is 11.9. The van der Waals surface area contributed by atoms with Gasteiger partial charge < -0.3 is 19.5 Å².